The van der Waals surface area contributed by atoms with Crippen LogP contribution in [0.15, 0.2) is 42.5 Å². The molecule has 0 aliphatic carbocycles. The number of esters is 1. The quantitative estimate of drug-likeness (QED) is 0.497. The van der Waals surface area contributed by atoms with Crippen LogP contribution < -0.4 is 5.32 Å². The van der Waals surface area contributed by atoms with Crippen LogP contribution in [0.5, 0.6) is 0 Å². The first-order valence-electron chi connectivity index (χ1n) is 9.93. The summed E-state index contributed by atoms with van der Waals surface area (Å²) in [6.07, 6.45) is -3.82. The Morgan fingerprint density at radius 1 is 1.12 bits per heavy atom. The number of carbonyl (C=O) groups is 3. The van der Waals surface area contributed by atoms with Gasteiger partial charge in [-0.2, -0.15) is 13.2 Å². The Kier molecular flexibility index (Phi) is 7.57. The van der Waals surface area contributed by atoms with E-state index in [9.17, 15) is 31.9 Å². The molecule has 0 radical (unpaired) electrons. The van der Waals surface area contributed by atoms with E-state index in [1.807, 2.05) is 5.32 Å². The van der Waals surface area contributed by atoms with Gasteiger partial charge >= 0.3 is 12.1 Å². The lowest BCUT2D eigenvalue weighted by Gasteiger charge is -2.31. The minimum atomic E-state index is -4.74. The third-order valence-electron chi connectivity index (χ3n) is 5.06. The van der Waals surface area contributed by atoms with Crippen LogP contribution in [0.3, 0.4) is 0 Å². The Labute approximate surface area is 191 Å². The molecular formula is C22H19ClF4N2O4. The van der Waals surface area contributed by atoms with E-state index in [2.05, 4.69) is 0 Å². The van der Waals surface area contributed by atoms with Crippen LogP contribution in [0.2, 0.25) is 5.02 Å². The molecule has 2 aromatic carbocycles. The molecule has 2 aromatic rings. The molecule has 0 spiro atoms. The van der Waals surface area contributed by atoms with Gasteiger partial charge in [0.05, 0.1) is 22.2 Å². The highest BCUT2D eigenvalue weighted by molar-refractivity contribution is 6.34. The highest BCUT2D eigenvalue weighted by Crippen LogP contribution is 2.38. The number of likely N-dealkylation sites (tertiary alicyclic amines) is 1. The predicted molar refractivity (Wildman–Crippen MR) is 111 cm³/mol. The number of anilines is 1. The molecule has 1 aliphatic rings. The fraction of sp³-hybridized carbons (Fsp3) is 0.318. The Morgan fingerprint density at radius 2 is 1.82 bits per heavy atom. The number of rotatable bonds is 5. The number of hydrogen-bond acceptors (Lipinski definition) is 4. The van der Waals surface area contributed by atoms with E-state index in [4.69, 9.17) is 16.3 Å². The summed E-state index contributed by atoms with van der Waals surface area (Å²) < 4.78 is 57.4. The summed E-state index contributed by atoms with van der Waals surface area (Å²) in [7, 11) is 0. The van der Waals surface area contributed by atoms with Crippen molar-refractivity contribution in [3.63, 3.8) is 0 Å². The van der Waals surface area contributed by atoms with Crippen LogP contribution in [0, 0.1) is 11.7 Å². The number of nitrogens with zero attached hydrogens (tertiary/aromatic N) is 1. The highest BCUT2D eigenvalue weighted by Gasteiger charge is 2.35. The maximum Gasteiger partial charge on any atom is 0.418 e. The number of para-hydroxylation sites is 1. The Morgan fingerprint density at radius 3 is 2.48 bits per heavy atom. The van der Waals surface area contributed by atoms with Crippen LogP contribution >= 0.6 is 11.6 Å². The number of carbonyl (C=O) groups excluding carboxylic acids is 3. The van der Waals surface area contributed by atoms with Crippen LogP contribution in [0.1, 0.15) is 28.8 Å². The van der Waals surface area contributed by atoms with Gasteiger partial charge in [-0.25, -0.2) is 4.39 Å². The molecule has 11 heteroatoms. The van der Waals surface area contributed by atoms with Crippen molar-refractivity contribution in [3.05, 3.63) is 64.4 Å². The summed E-state index contributed by atoms with van der Waals surface area (Å²) in [5, 5.41) is 1.72. The SMILES string of the molecule is O=C(COC(=O)C1CCCN(C(=O)c2ccc(F)cc2)C1)Nc1c(Cl)cccc1C(F)(F)F. The van der Waals surface area contributed by atoms with Gasteiger partial charge in [-0.3, -0.25) is 14.4 Å². The molecule has 0 aromatic heterocycles. The van der Waals surface area contributed by atoms with E-state index in [-0.39, 0.29) is 23.0 Å². The molecular weight excluding hydrogens is 468 g/mol. The van der Waals surface area contributed by atoms with Crippen molar-refractivity contribution in [1.82, 2.24) is 4.90 Å². The number of halogens is 5. The second kappa shape index (κ2) is 10.2. The van der Waals surface area contributed by atoms with Gasteiger partial charge in [0, 0.05) is 18.7 Å². The number of hydrogen-bond donors (Lipinski definition) is 1. The monoisotopic (exact) mass is 486 g/mol. The molecule has 1 fully saturated rings. The largest absolute Gasteiger partial charge is 0.455 e. The second-order valence-electron chi connectivity index (χ2n) is 7.41. The van der Waals surface area contributed by atoms with Gasteiger partial charge < -0.3 is 15.0 Å². The molecule has 1 unspecified atom stereocenters. The molecule has 1 saturated heterocycles. The third kappa shape index (κ3) is 6.22. The number of piperidine rings is 1. The lowest BCUT2D eigenvalue weighted by molar-refractivity contribution is -0.153. The molecule has 1 atom stereocenters. The van der Waals surface area contributed by atoms with Gasteiger partial charge in [-0.05, 0) is 49.2 Å². The van der Waals surface area contributed by atoms with Crippen LogP contribution in [0.4, 0.5) is 23.2 Å². The maximum atomic E-state index is 13.1. The van der Waals surface area contributed by atoms with Crippen LogP contribution in [-0.4, -0.2) is 42.4 Å². The van der Waals surface area contributed by atoms with Gasteiger partial charge in [0.2, 0.25) is 0 Å². The summed E-state index contributed by atoms with van der Waals surface area (Å²) in [6.45, 7) is -0.379. The Bertz CT molecular complexity index is 1040. The van der Waals surface area contributed by atoms with Gasteiger partial charge in [-0.1, -0.05) is 17.7 Å². The summed E-state index contributed by atoms with van der Waals surface area (Å²) in [4.78, 5) is 38.5. The number of ether oxygens (including phenoxy) is 1. The van der Waals surface area contributed by atoms with Crippen molar-refractivity contribution in [1.29, 1.82) is 0 Å². The van der Waals surface area contributed by atoms with Crippen molar-refractivity contribution in [2.75, 3.05) is 25.0 Å². The van der Waals surface area contributed by atoms with Gasteiger partial charge in [0.25, 0.3) is 11.8 Å². The standard InChI is InChI=1S/C22H19ClF4N2O4/c23-17-5-1-4-16(22(25,26)27)19(17)28-18(30)12-33-21(32)14-3-2-10-29(11-14)20(31)13-6-8-15(24)9-7-13/h1,4-9,14H,2-3,10-12H2,(H,28,30). The zero-order chi connectivity index (χ0) is 24.2. The zero-order valence-electron chi connectivity index (χ0n) is 17.1. The van der Waals surface area contributed by atoms with E-state index in [0.29, 0.717) is 19.4 Å². The normalized spacial score (nSPS) is 16.3. The Balaban J connectivity index is 1.57. The first-order valence-corrected chi connectivity index (χ1v) is 10.3. The number of benzene rings is 2. The van der Waals surface area contributed by atoms with Gasteiger partial charge in [0.15, 0.2) is 6.61 Å². The maximum absolute atomic E-state index is 13.1. The molecule has 6 nitrogen and oxygen atoms in total. The smallest absolute Gasteiger partial charge is 0.418 e. The molecule has 1 heterocycles. The molecule has 0 saturated carbocycles. The lowest BCUT2D eigenvalue weighted by atomic mass is 9.97. The molecule has 33 heavy (non-hydrogen) atoms. The van der Waals surface area contributed by atoms with Crippen molar-refractivity contribution in [3.8, 4) is 0 Å². The number of alkyl halides is 3. The average Bonchev–Trinajstić information content (AvgIpc) is 2.78. The fourth-order valence-electron chi connectivity index (χ4n) is 3.45. The summed E-state index contributed by atoms with van der Waals surface area (Å²) in [5.41, 5.74) is -1.48. The third-order valence-corrected chi connectivity index (χ3v) is 5.38. The zero-order valence-corrected chi connectivity index (χ0v) is 17.9. The van der Waals surface area contributed by atoms with Crippen molar-refractivity contribution in [2.24, 2.45) is 5.92 Å². The van der Waals surface area contributed by atoms with E-state index in [1.165, 1.54) is 23.1 Å². The Hall–Kier alpha value is -3.14. The molecule has 1 N–H and O–H groups in total. The van der Waals surface area contributed by atoms with Gasteiger partial charge in [-0.15, -0.1) is 0 Å². The van der Waals surface area contributed by atoms with Crippen molar-refractivity contribution in [2.45, 2.75) is 19.0 Å². The molecule has 176 valence electrons. The molecule has 1 aliphatic heterocycles. The molecule has 2 amide bonds. The first kappa shape index (κ1) is 24.5. The topological polar surface area (TPSA) is 75.7 Å². The van der Waals surface area contributed by atoms with Crippen molar-refractivity contribution >= 4 is 35.1 Å². The van der Waals surface area contributed by atoms with Crippen molar-refractivity contribution < 1.29 is 36.7 Å². The molecule has 3 rings (SSSR count). The van der Waals surface area contributed by atoms with Crippen LogP contribution in [-0.2, 0) is 20.5 Å². The van der Waals surface area contributed by atoms with E-state index < -0.39 is 47.6 Å². The van der Waals surface area contributed by atoms with E-state index >= 15 is 0 Å². The number of nitrogens with one attached hydrogen (secondary N) is 1. The molecule has 0 bridgehead atoms. The average molecular weight is 487 g/mol. The number of amides is 2. The minimum Gasteiger partial charge on any atom is -0.455 e. The summed E-state index contributed by atoms with van der Waals surface area (Å²) >= 11 is 5.79. The van der Waals surface area contributed by atoms with E-state index in [1.54, 1.807) is 0 Å². The second-order valence-corrected chi connectivity index (χ2v) is 7.82. The summed E-state index contributed by atoms with van der Waals surface area (Å²) in [6, 6.07) is 8.05. The predicted octanol–water partition coefficient (Wildman–Crippen LogP) is 4.53. The van der Waals surface area contributed by atoms with Gasteiger partial charge in [0.1, 0.15) is 5.82 Å². The highest BCUT2D eigenvalue weighted by atomic mass is 35.5. The summed E-state index contributed by atoms with van der Waals surface area (Å²) in [5.74, 6) is -3.30. The fourth-order valence-corrected chi connectivity index (χ4v) is 3.67. The van der Waals surface area contributed by atoms with Crippen LogP contribution in [0.25, 0.3) is 0 Å². The minimum absolute atomic E-state index is 0.0411. The lowest BCUT2D eigenvalue weighted by Crippen LogP contribution is -2.43. The first-order chi connectivity index (χ1) is 15.6. The van der Waals surface area contributed by atoms with E-state index in [0.717, 1.165) is 24.3 Å².